The zero-order valence-electron chi connectivity index (χ0n) is 17.6. The Morgan fingerprint density at radius 1 is 0.600 bits per heavy atom. The molecule has 4 aromatic rings. The lowest BCUT2D eigenvalue weighted by atomic mass is 10.0. The zero-order valence-corrected chi connectivity index (χ0v) is 20.7. The van der Waals surface area contributed by atoms with Crippen molar-refractivity contribution in [2.24, 2.45) is 0 Å². The Hall–Kier alpha value is -2.18. The van der Waals surface area contributed by atoms with E-state index >= 15 is 0 Å². The maximum absolute atomic E-state index is 4.85. The summed E-state index contributed by atoms with van der Waals surface area (Å²) in [6, 6.07) is 16.8. The van der Waals surface area contributed by atoms with Gasteiger partial charge in [0.15, 0.2) is 0 Å². The maximum Gasteiger partial charge on any atom is 0.0676 e. The van der Waals surface area contributed by atoms with Gasteiger partial charge in [-0.1, -0.05) is 56.1 Å². The van der Waals surface area contributed by atoms with Gasteiger partial charge >= 0.3 is 0 Å². The third kappa shape index (κ3) is 4.16. The Balaban J connectivity index is 1.68. The van der Waals surface area contributed by atoms with E-state index in [0.717, 1.165) is 33.4 Å². The van der Waals surface area contributed by atoms with Crippen LogP contribution in [0.2, 0.25) is 0 Å². The highest BCUT2D eigenvalue weighted by atomic mass is 79.9. The molecular formula is C24H24Br2N4. The van der Waals surface area contributed by atoms with Crippen LogP contribution in [-0.2, 0) is 13.1 Å². The Morgan fingerprint density at radius 2 is 0.933 bits per heavy atom. The third-order valence-electron chi connectivity index (χ3n) is 5.50. The zero-order chi connectivity index (χ0) is 21.4. The molecule has 4 rings (SSSR count). The lowest BCUT2D eigenvalue weighted by Gasteiger charge is -2.08. The average molecular weight is 528 g/mol. The van der Waals surface area contributed by atoms with E-state index in [4.69, 9.17) is 10.2 Å². The smallest absolute Gasteiger partial charge is 0.0676 e. The van der Waals surface area contributed by atoms with Crippen molar-refractivity contribution >= 4 is 31.9 Å². The number of rotatable bonds is 5. The van der Waals surface area contributed by atoms with Gasteiger partial charge < -0.3 is 0 Å². The Bertz CT molecular complexity index is 1090. The van der Waals surface area contributed by atoms with Crippen molar-refractivity contribution in [1.82, 2.24) is 19.6 Å². The molecule has 0 radical (unpaired) electrons. The minimum atomic E-state index is 0.755. The first kappa shape index (κ1) is 21.1. The maximum atomic E-state index is 4.85. The number of aromatic nitrogens is 4. The molecule has 0 N–H and O–H groups in total. The predicted octanol–water partition coefficient (Wildman–Crippen LogP) is 6.60. The fourth-order valence-corrected chi connectivity index (χ4v) is 4.48. The highest BCUT2D eigenvalue weighted by Crippen LogP contribution is 2.33. The van der Waals surface area contributed by atoms with Crippen LogP contribution < -0.4 is 0 Å². The first-order valence-corrected chi connectivity index (χ1v) is 11.5. The topological polar surface area (TPSA) is 35.6 Å². The first-order valence-electron chi connectivity index (χ1n) is 9.90. The molecule has 0 saturated carbocycles. The Labute approximate surface area is 194 Å². The van der Waals surface area contributed by atoms with Crippen LogP contribution in [0.4, 0.5) is 0 Å². The molecule has 2 heterocycles. The van der Waals surface area contributed by atoms with Gasteiger partial charge in [-0.2, -0.15) is 10.2 Å². The molecule has 0 unspecified atom stereocenters. The highest BCUT2D eigenvalue weighted by molar-refractivity contribution is 9.10. The summed E-state index contributed by atoms with van der Waals surface area (Å²) >= 11 is 7.01. The highest BCUT2D eigenvalue weighted by Gasteiger charge is 2.21. The van der Waals surface area contributed by atoms with E-state index in [-0.39, 0.29) is 0 Å². The molecule has 0 saturated heterocycles. The van der Waals surface area contributed by atoms with Gasteiger partial charge in [-0.3, -0.25) is 9.36 Å². The lowest BCUT2D eigenvalue weighted by Crippen LogP contribution is -2.04. The fourth-order valence-electron chi connectivity index (χ4n) is 3.95. The van der Waals surface area contributed by atoms with Gasteiger partial charge in [0, 0.05) is 31.5 Å². The van der Waals surface area contributed by atoms with Crippen LogP contribution in [0.15, 0.2) is 57.5 Å². The summed E-state index contributed by atoms with van der Waals surface area (Å²) in [5, 5.41) is 9.70. The number of nitrogens with zero attached hydrogens (tertiary/aromatic N) is 4. The van der Waals surface area contributed by atoms with Crippen LogP contribution in [0.5, 0.6) is 0 Å². The molecule has 0 bridgehead atoms. The Morgan fingerprint density at radius 3 is 1.27 bits per heavy atom. The third-order valence-corrected chi connectivity index (χ3v) is 6.56. The number of benzene rings is 2. The number of halogens is 2. The van der Waals surface area contributed by atoms with Gasteiger partial charge in [0.2, 0.25) is 0 Å². The summed E-state index contributed by atoms with van der Waals surface area (Å²) in [4.78, 5) is 0. The van der Waals surface area contributed by atoms with Gasteiger partial charge in [-0.05, 0) is 63.1 Å². The second kappa shape index (κ2) is 8.52. The van der Waals surface area contributed by atoms with Crippen LogP contribution in [-0.4, -0.2) is 19.6 Å². The lowest BCUT2D eigenvalue weighted by molar-refractivity contribution is 0.658. The average Bonchev–Trinajstić information content (AvgIpc) is 3.13. The number of aryl methyl sites for hydroxylation is 2. The van der Waals surface area contributed by atoms with Gasteiger partial charge in [-0.15, -0.1) is 0 Å². The van der Waals surface area contributed by atoms with Gasteiger partial charge in [0.1, 0.15) is 0 Å². The molecule has 0 atom stereocenters. The summed E-state index contributed by atoms with van der Waals surface area (Å²) < 4.78 is 6.37. The molecule has 4 nitrogen and oxygen atoms in total. The normalized spacial score (nSPS) is 11.3. The van der Waals surface area contributed by atoms with Gasteiger partial charge in [-0.25, -0.2) is 0 Å². The van der Waals surface area contributed by atoms with E-state index in [2.05, 4.69) is 117 Å². The summed E-state index contributed by atoms with van der Waals surface area (Å²) in [7, 11) is 0. The molecule has 0 aliphatic heterocycles. The fraction of sp³-hybridized carbons (Fsp3) is 0.250. The second-order valence-electron chi connectivity index (χ2n) is 7.66. The summed E-state index contributed by atoms with van der Waals surface area (Å²) in [5.41, 5.74) is 9.28. The van der Waals surface area contributed by atoms with Gasteiger partial charge in [0.05, 0.1) is 24.5 Å². The minimum Gasteiger partial charge on any atom is -0.265 e. The largest absolute Gasteiger partial charge is 0.265 e. The second-order valence-corrected chi connectivity index (χ2v) is 9.49. The molecule has 2 aromatic heterocycles. The van der Waals surface area contributed by atoms with Gasteiger partial charge in [0.25, 0.3) is 0 Å². The summed E-state index contributed by atoms with van der Waals surface area (Å²) in [6.07, 6.45) is 0. The van der Waals surface area contributed by atoms with Crippen molar-refractivity contribution in [3.8, 4) is 11.1 Å². The molecule has 6 heteroatoms. The van der Waals surface area contributed by atoms with Crippen molar-refractivity contribution in [2.75, 3.05) is 0 Å². The van der Waals surface area contributed by atoms with E-state index in [1.165, 1.54) is 33.6 Å². The Kier molecular flexibility index (Phi) is 5.98. The van der Waals surface area contributed by atoms with Crippen molar-refractivity contribution in [3.63, 3.8) is 0 Å². The molecule has 0 aliphatic rings. The SMILES string of the molecule is Cc1nn(Cc2ccc(Br)cc2)c(C)c1-c1c(C)nn(Cc2ccc(Br)cc2)c1C. The van der Waals surface area contributed by atoms with E-state index in [1.807, 2.05) is 0 Å². The summed E-state index contributed by atoms with van der Waals surface area (Å²) in [5.74, 6) is 0. The van der Waals surface area contributed by atoms with Crippen LogP contribution >= 0.6 is 31.9 Å². The van der Waals surface area contributed by atoms with Crippen molar-refractivity contribution in [3.05, 3.63) is 91.4 Å². The monoisotopic (exact) mass is 526 g/mol. The van der Waals surface area contributed by atoms with Crippen LogP contribution in [0.1, 0.15) is 33.9 Å². The molecular weight excluding hydrogens is 504 g/mol. The van der Waals surface area contributed by atoms with E-state index in [0.29, 0.717) is 0 Å². The molecule has 0 aliphatic carbocycles. The number of hydrogen-bond donors (Lipinski definition) is 0. The van der Waals surface area contributed by atoms with E-state index in [1.54, 1.807) is 0 Å². The van der Waals surface area contributed by atoms with Crippen LogP contribution in [0.3, 0.4) is 0 Å². The van der Waals surface area contributed by atoms with E-state index < -0.39 is 0 Å². The minimum absolute atomic E-state index is 0.755. The molecule has 0 amide bonds. The molecule has 154 valence electrons. The molecule has 30 heavy (non-hydrogen) atoms. The van der Waals surface area contributed by atoms with Crippen molar-refractivity contribution in [2.45, 2.75) is 40.8 Å². The molecule has 0 spiro atoms. The standard InChI is InChI=1S/C24H24Br2N4/c1-15-23(17(3)29(27-15)13-19-5-9-21(25)10-6-19)24-16(2)28-30(18(24)4)14-20-7-11-22(26)12-8-20/h5-12H,13-14H2,1-4H3. The van der Waals surface area contributed by atoms with Crippen molar-refractivity contribution < 1.29 is 0 Å². The van der Waals surface area contributed by atoms with E-state index in [9.17, 15) is 0 Å². The quantitative estimate of drug-likeness (QED) is 0.293. The molecule has 2 aromatic carbocycles. The predicted molar refractivity (Wildman–Crippen MR) is 129 cm³/mol. The van der Waals surface area contributed by atoms with Crippen LogP contribution in [0.25, 0.3) is 11.1 Å². The first-order chi connectivity index (χ1) is 14.3. The summed E-state index contributed by atoms with van der Waals surface area (Å²) in [6.45, 7) is 9.99. The number of hydrogen-bond acceptors (Lipinski definition) is 2. The molecule has 0 fully saturated rings. The van der Waals surface area contributed by atoms with Crippen molar-refractivity contribution in [1.29, 1.82) is 0 Å². The van der Waals surface area contributed by atoms with Crippen LogP contribution in [0, 0.1) is 27.7 Å².